The van der Waals surface area contributed by atoms with Gasteiger partial charge in [-0.1, -0.05) is 18.2 Å². The second-order valence-electron chi connectivity index (χ2n) is 7.00. The Morgan fingerprint density at radius 1 is 1.07 bits per heavy atom. The Balaban J connectivity index is 1.46. The first-order valence-electron chi connectivity index (χ1n) is 9.50. The van der Waals surface area contributed by atoms with Gasteiger partial charge in [-0.2, -0.15) is 0 Å². The third kappa shape index (κ3) is 5.07. The molecule has 1 aliphatic heterocycles. The molecule has 7 heteroatoms. The molecule has 2 heterocycles. The van der Waals surface area contributed by atoms with Gasteiger partial charge in [0.05, 0.1) is 6.54 Å². The van der Waals surface area contributed by atoms with Crippen molar-refractivity contribution in [3.63, 3.8) is 0 Å². The van der Waals surface area contributed by atoms with Crippen LogP contribution < -0.4 is 10.2 Å². The number of aromatic nitrogens is 1. The molecule has 1 aromatic heterocycles. The fourth-order valence-corrected chi connectivity index (χ4v) is 3.33. The van der Waals surface area contributed by atoms with E-state index in [4.69, 9.17) is 0 Å². The van der Waals surface area contributed by atoms with Crippen molar-refractivity contribution in [2.45, 2.75) is 6.54 Å². The van der Waals surface area contributed by atoms with Crippen molar-refractivity contribution in [3.05, 3.63) is 59.8 Å². The van der Waals surface area contributed by atoms with Crippen LogP contribution in [0.2, 0.25) is 0 Å². The van der Waals surface area contributed by atoms with E-state index in [0.717, 1.165) is 24.5 Å². The average Bonchev–Trinajstić information content (AvgIpc) is 2.74. The van der Waals surface area contributed by atoms with Crippen molar-refractivity contribution >= 4 is 17.6 Å². The van der Waals surface area contributed by atoms with E-state index in [2.05, 4.69) is 15.2 Å². The van der Waals surface area contributed by atoms with Gasteiger partial charge >= 0.3 is 0 Å². The zero-order chi connectivity index (χ0) is 19.9. The molecule has 0 bridgehead atoms. The van der Waals surface area contributed by atoms with E-state index in [1.165, 1.54) is 0 Å². The smallest absolute Gasteiger partial charge is 0.251 e. The number of piperazine rings is 1. The van der Waals surface area contributed by atoms with Gasteiger partial charge in [-0.25, -0.2) is 4.98 Å². The molecule has 1 aromatic carbocycles. The molecular formula is C21H27N5O2. The zero-order valence-electron chi connectivity index (χ0n) is 16.5. The summed E-state index contributed by atoms with van der Waals surface area (Å²) in [6.07, 6.45) is 1.79. The predicted molar refractivity (Wildman–Crippen MR) is 109 cm³/mol. The van der Waals surface area contributed by atoms with E-state index in [1.54, 1.807) is 25.4 Å². The SMILES string of the molecule is CNC(=O)c1ccc(CN(C)CC(=O)N2CCN(c3ccccn3)CC2)cc1. The fourth-order valence-electron chi connectivity index (χ4n) is 3.33. The lowest BCUT2D eigenvalue weighted by Crippen LogP contribution is -2.51. The molecule has 148 valence electrons. The van der Waals surface area contributed by atoms with Crippen LogP contribution in [0.5, 0.6) is 0 Å². The number of nitrogens with zero attached hydrogens (tertiary/aromatic N) is 4. The van der Waals surface area contributed by atoms with Gasteiger partial charge in [0.25, 0.3) is 5.91 Å². The number of hydrogen-bond acceptors (Lipinski definition) is 5. The average molecular weight is 381 g/mol. The van der Waals surface area contributed by atoms with Gasteiger partial charge in [0.1, 0.15) is 5.82 Å². The number of carbonyl (C=O) groups excluding carboxylic acids is 2. The highest BCUT2D eigenvalue weighted by Crippen LogP contribution is 2.13. The van der Waals surface area contributed by atoms with Crippen molar-refractivity contribution in [2.75, 3.05) is 51.7 Å². The Morgan fingerprint density at radius 3 is 2.39 bits per heavy atom. The lowest BCUT2D eigenvalue weighted by Gasteiger charge is -2.36. The Kier molecular flexibility index (Phi) is 6.60. The maximum atomic E-state index is 12.6. The number of anilines is 1. The van der Waals surface area contributed by atoms with Crippen molar-refractivity contribution in [1.29, 1.82) is 0 Å². The molecule has 0 spiro atoms. The highest BCUT2D eigenvalue weighted by atomic mass is 16.2. The number of likely N-dealkylation sites (N-methyl/N-ethyl adjacent to an activating group) is 1. The highest BCUT2D eigenvalue weighted by molar-refractivity contribution is 5.93. The van der Waals surface area contributed by atoms with E-state index >= 15 is 0 Å². The van der Waals surface area contributed by atoms with E-state index in [-0.39, 0.29) is 11.8 Å². The van der Waals surface area contributed by atoms with Crippen molar-refractivity contribution in [3.8, 4) is 0 Å². The number of amides is 2. The van der Waals surface area contributed by atoms with Gasteiger partial charge in [0, 0.05) is 51.5 Å². The third-order valence-electron chi connectivity index (χ3n) is 4.91. The quantitative estimate of drug-likeness (QED) is 0.815. The number of hydrogen-bond donors (Lipinski definition) is 1. The van der Waals surface area contributed by atoms with Gasteiger partial charge in [0.15, 0.2) is 0 Å². The van der Waals surface area contributed by atoms with Gasteiger partial charge in [-0.3, -0.25) is 14.5 Å². The molecule has 1 aliphatic rings. The van der Waals surface area contributed by atoms with E-state index in [9.17, 15) is 9.59 Å². The first-order valence-corrected chi connectivity index (χ1v) is 9.50. The van der Waals surface area contributed by atoms with Crippen LogP contribution in [-0.4, -0.2) is 73.4 Å². The molecule has 7 nitrogen and oxygen atoms in total. The molecule has 0 radical (unpaired) electrons. The molecule has 28 heavy (non-hydrogen) atoms. The van der Waals surface area contributed by atoms with Crippen LogP contribution in [0.3, 0.4) is 0 Å². The Bertz CT molecular complexity index is 786. The maximum Gasteiger partial charge on any atom is 0.251 e. The van der Waals surface area contributed by atoms with Crippen LogP contribution in [0, 0.1) is 0 Å². The number of nitrogens with one attached hydrogen (secondary N) is 1. The lowest BCUT2D eigenvalue weighted by atomic mass is 10.1. The Hall–Kier alpha value is -2.93. The second kappa shape index (κ2) is 9.32. The van der Waals surface area contributed by atoms with Crippen molar-refractivity contribution < 1.29 is 9.59 Å². The maximum absolute atomic E-state index is 12.6. The topological polar surface area (TPSA) is 68.8 Å². The summed E-state index contributed by atoms with van der Waals surface area (Å²) in [7, 11) is 3.56. The predicted octanol–water partition coefficient (Wildman–Crippen LogP) is 1.22. The highest BCUT2D eigenvalue weighted by Gasteiger charge is 2.22. The first-order chi connectivity index (χ1) is 13.6. The van der Waals surface area contributed by atoms with Crippen LogP contribution in [-0.2, 0) is 11.3 Å². The molecule has 0 unspecified atom stereocenters. The monoisotopic (exact) mass is 381 g/mol. The van der Waals surface area contributed by atoms with Crippen molar-refractivity contribution in [1.82, 2.24) is 20.1 Å². The van der Waals surface area contributed by atoms with Crippen LogP contribution >= 0.6 is 0 Å². The van der Waals surface area contributed by atoms with Gasteiger partial charge < -0.3 is 15.1 Å². The molecule has 3 rings (SSSR count). The van der Waals surface area contributed by atoms with Crippen LogP contribution in [0.25, 0.3) is 0 Å². The first kappa shape index (κ1) is 19.8. The lowest BCUT2D eigenvalue weighted by molar-refractivity contribution is -0.132. The van der Waals surface area contributed by atoms with Crippen LogP contribution in [0.4, 0.5) is 5.82 Å². The summed E-state index contributed by atoms with van der Waals surface area (Å²) in [6, 6.07) is 13.4. The normalized spacial score (nSPS) is 14.2. The number of carbonyl (C=O) groups is 2. The summed E-state index contributed by atoms with van der Waals surface area (Å²) in [5.74, 6) is 1.01. The minimum atomic E-state index is -0.0973. The summed E-state index contributed by atoms with van der Waals surface area (Å²) in [5.41, 5.74) is 1.71. The molecule has 2 amide bonds. The molecule has 1 fully saturated rings. The van der Waals surface area contributed by atoms with Gasteiger partial charge in [-0.05, 0) is 36.9 Å². The molecule has 0 atom stereocenters. The molecule has 2 aromatic rings. The van der Waals surface area contributed by atoms with Gasteiger partial charge in [-0.15, -0.1) is 0 Å². The number of pyridine rings is 1. The summed E-state index contributed by atoms with van der Waals surface area (Å²) < 4.78 is 0. The third-order valence-corrected chi connectivity index (χ3v) is 4.91. The van der Waals surface area contributed by atoms with Gasteiger partial charge in [0.2, 0.25) is 5.91 Å². The Labute approximate surface area is 166 Å². The summed E-state index contributed by atoms with van der Waals surface area (Å²) in [6.45, 7) is 4.06. The number of rotatable bonds is 6. The minimum absolute atomic E-state index is 0.0973. The molecule has 0 saturated carbocycles. The Morgan fingerprint density at radius 2 is 1.79 bits per heavy atom. The number of benzene rings is 1. The largest absolute Gasteiger partial charge is 0.355 e. The minimum Gasteiger partial charge on any atom is -0.355 e. The summed E-state index contributed by atoms with van der Waals surface area (Å²) >= 11 is 0. The van der Waals surface area contributed by atoms with Crippen LogP contribution in [0.1, 0.15) is 15.9 Å². The molecule has 1 saturated heterocycles. The van der Waals surface area contributed by atoms with E-state index in [0.29, 0.717) is 31.7 Å². The standard InChI is InChI=1S/C21H27N5O2/c1-22-21(28)18-8-6-17(7-9-18)15-24(2)16-20(27)26-13-11-25(12-14-26)19-5-3-4-10-23-19/h3-10H,11-16H2,1-2H3,(H,22,28). The van der Waals surface area contributed by atoms with E-state index in [1.807, 2.05) is 47.2 Å². The van der Waals surface area contributed by atoms with E-state index < -0.39 is 0 Å². The summed E-state index contributed by atoms with van der Waals surface area (Å²) in [4.78, 5) is 34.7. The molecular weight excluding hydrogens is 354 g/mol. The molecule has 1 N–H and O–H groups in total. The zero-order valence-corrected chi connectivity index (χ0v) is 16.5. The van der Waals surface area contributed by atoms with Crippen LogP contribution in [0.15, 0.2) is 48.7 Å². The summed E-state index contributed by atoms with van der Waals surface area (Å²) in [5, 5.41) is 2.61. The fraction of sp³-hybridized carbons (Fsp3) is 0.381. The molecule has 0 aliphatic carbocycles. The van der Waals surface area contributed by atoms with Crippen molar-refractivity contribution in [2.24, 2.45) is 0 Å². The second-order valence-corrected chi connectivity index (χ2v) is 7.00.